The number of hydrogen-bond donors (Lipinski definition) is 3. The van der Waals surface area contributed by atoms with Gasteiger partial charge in [0.25, 0.3) is 0 Å². The Morgan fingerprint density at radius 2 is 1.45 bits per heavy atom. The van der Waals surface area contributed by atoms with Gasteiger partial charge in [-0.2, -0.15) is 0 Å². The molecular formula is C46H49N3O7. The summed E-state index contributed by atoms with van der Waals surface area (Å²) in [5, 5.41) is 15.8. The van der Waals surface area contributed by atoms with Crippen LogP contribution in [0.4, 0.5) is 4.79 Å². The summed E-state index contributed by atoms with van der Waals surface area (Å²) < 4.78 is 11.5. The van der Waals surface area contributed by atoms with Gasteiger partial charge in [0, 0.05) is 18.9 Å². The number of ether oxygens (including phenoxy) is 2. The largest absolute Gasteiger partial charge is 0.462 e. The summed E-state index contributed by atoms with van der Waals surface area (Å²) in [6.07, 6.45) is 3.84. The average molecular weight is 756 g/mol. The van der Waals surface area contributed by atoms with Crippen molar-refractivity contribution in [3.05, 3.63) is 156 Å². The predicted molar refractivity (Wildman–Crippen MR) is 214 cm³/mol. The smallest absolute Gasteiger partial charge is 0.407 e. The van der Waals surface area contributed by atoms with Crippen LogP contribution in [0.2, 0.25) is 0 Å². The molecule has 1 aliphatic carbocycles. The molecule has 4 aromatic carbocycles. The second kappa shape index (κ2) is 19.0. The molecular weight excluding hydrogens is 707 g/mol. The van der Waals surface area contributed by atoms with Crippen molar-refractivity contribution < 1.29 is 33.8 Å². The molecule has 0 fully saturated rings. The summed E-state index contributed by atoms with van der Waals surface area (Å²) in [7, 11) is 0. The number of nitrogens with one attached hydrogen (secondary N) is 2. The maximum absolute atomic E-state index is 13.9. The van der Waals surface area contributed by atoms with Crippen molar-refractivity contribution >= 4 is 23.9 Å². The van der Waals surface area contributed by atoms with E-state index in [0.717, 1.165) is 33.4 Å². The molecule has 10 nitrogen and oxygen atoms in total. The number of esters is 1. The number of aliphatic hydroxyl groups excluding tert-OH is 1. The minimum Gasteiger partial charge on any atom is -0.462 e. The van der Waals surface area contributed by atoms with Crippen molar-refractivity contribution in [1.29, 1.82) is 0 Å². The number of carbonyl (C=O) groups is 4. The van der Waals surface area contributed by atoms with Gasteiger partial charge in [-0.25, -0.2) is 9.59 Å². The molecule has 0 aromatic heterocycles. The molecule has 0 unspecified atom stereocenters. The number of alkyl carbamates (subject to hydrolysis) is 1. The number of carbonyl (C=O) groups excluding carboxylic acids is 4. The van der Waals surface area contributed by atoms with Crippen LogP contribution in [0.3, 0.4) is 0 Å². The number of hydrogen-bond acceptors (Lipinski definition) is 7. The topological polar surface area (TPSA) is 134 Å². The Hall–Kier alpha value is -6.00. The number of rotatable bonds is 17. The minimum absolute atomic E-state index is 0.0886. The van der Waals surface area contributed by atoms with Crippen LogP contribution in [-0.4, -0.2) is 65.8 Å². The summed E-state index contributed by atoms with van der Waals surface area (Å²) in [6.45, 7) is 7.60. The third kappa shape index (κ3) is 9.44. The molecule has 1 aliphatic heterocycles. The Kier molecular flexibility index (Phi) is 13.5. The maximum atomic E-state index is 13.9. The lowest BCUT2D eigenvalue weighted by Crippen LogP contribution is -2.47. The highest BCUT2D eigenvalue weighted by atomic mass is 16.6. The number of aliphatic hydroxyl groups is 1. The fourth-order valence-corrected chi connectivity index (χ4v) is 7.63. The van der Waals surface area contributed by atoms with Crippen molar-refractivity contribution in [2.45, 2.75) is 62.7 Å². The zero-order chi connectivity index (χ0) is 39.4. The molecule has 0 radical (unpaired) electrons. The summed E-state index contributed by atoms with van der Waals surface area (Å²) in [6, 6.07) is 30.8. The fraction of sp³-hybridized carbons (Fsp3) is 0.304. The van der Waals surface area contributed by atoms with E-state index in [2.05, 4.69) is 35.9 Å². The fourth-order valence-electron chi connectivity index (χ4n) is 7.63. The van der Waals surface area contributed by atoms with Crippen molar-refractivity contribution in [2.24, 2.45) is 5.92 Å². The van der Waals surface area contributed by atoms with E-state index in [0.29, 0.717) is 24.9 Å². The molecule has 2 aliphatic rings. The van der Waals surface area contributed by atoms with Crippen molar-refractivity contribution in [1.82, 2.24) is 15.5 Å². The number of allylic oxidation sites excluding steroid dienone is 2. The molecule has 0 bridgehead atoms. The van der Waals surface area contributed by atoms with E-state index in [1.807, 2.05) is 91.0 Å². The van der Waals surface area contributed by atoms with Crippen LogP contribution in [-0.2, 0) is 36.8 Å². The van der Waals surface area contributed by atoms with Gasteiger partial charge in [0.1, 0.15) is 19.3 Å². The van der Waals surface area contributed by atoms with Crippen LogP contribution in [0, 0.1) is 5.92 Å². The van der Waals surface area contributed by atoms with Gasteiger partial charge in [0.2, 0.25) is 11.8 Å². The van der Waals surface area contributed by atoms with E-state index in [9.17, 15) is 24.3 Å². The SMILES string of the molecule is C=CCC[C@H](NC(=O)OCC1c2ccccc2-c2ccccc21)C(=O)OC[C@H](NC(=O)[C@@H](CC=C)CC(=O)N1Cc2ccccc2C[C@H]1CO)c1ccccc1. The lowest BCUT2D eigenvalue weighted by molar-refractivity contribution is -0.147. The first-order chi connectivity index (χ1) is 27.3. The summed E-state index contributed by atoms with van der Waals surface area (Å²) in [4.78, 5) is 56.0. The molecule has 3 N–H and O–H groups in total. The van der Waals surface area contributed by atoms with E-state index >= 15 is 0 Å². The molecule has 4 aromatic rings. The van der Waals surface area contributed by atoms with E-state index in [1.165, 1.54) is 0 Å². The van der Waals surface area contributed by atoms with E-state index in [1.54, 1.807) is 17.1 Å². The summed E-state index contributed by atoms with van der Waals surface area (Å²) in [5.41, 5.74) is 7.16. The van der Waals surface area contributed by atoms with Gasteiger partial charge in [-0.05, 0) is 64.6 Å². The van der Waals surface area contributed by atoms with Gasteiger partial charge < -0.3 is 30.1 Å². The quantitative estimate of drug-likeness (QED) is 0.0799. The molecule has 290 valence electrons. The van der Waals surface area contributed by atoms with Gasteiger partial charge in [-0.1, -0.05) is 115 Å². The van der Waals surface area contributed by atoms with Crippen LogP contribution < -0.4 is 10.6 Å². The Morgan fingerprint density at radius 1 is 0.804 bits per heavy atom. The van der Waals surface area contributed by atoms with E-state index in [4.69, 9.17) is 9.47 Å². The predicted octanol–water partition coefficient (Wildman–Crippen LogP) is 6.79. The lowest BCUT2D eigenvalue weighted by atomic mass is 9.92. The molecule has 1 heterocycles. The highest BCUT2D eigenvalue weighted by Gasteiger charge is 2.34. The van der Waals surface area contributed by atoms with Crippen LogP contribution in [0.1, 0.15) is 65.5 Å². The highest BCUT2D eigenvalue weighted by Crippen LogP contribution is 2.44. The third-order valence-corrected chi connectivity index (χ3v) is 10.6. The number of nitrogens with zero attached hydrogens (tertiary/aromatic N) is 1. The van der Waals surface area contributed by atoms with Gasteiger partial charge in [-0.3, -0.25) is 9.59 Å². The molecule has 3 amide bonds. The first kappa shape index (κ1) is 39.7. The Morgan fingerprint density at radius 3 is 2.11 bits per heavy atom. The number of amides is 3. The van der Waals surface area contributed by atoms with E-state index < -0.39 is 42.0 Å². The monoisotopic (exact) mass is 755 g/mol. The van der Waals surface area contributed by atoms with Gasteiger partial charge in [-0.15, -0.1) is 13.2 Å². The molecule has 0 saturated carbocycles. The van der Waals surface area contributed by atoms with E-state index in [-0.39, 0.29) is 50.9 Å². The second-order valence-electron chi connectivity index (χ2n) is 14.2. The standard InChI is InChI=1S/C46H49N3O7/c1-3-5-24-41(48-46(54)56-29-40-38-22-13-11-20-36(38)37-21-12-14-23-39(37)40)45(53)55-30-42(31-16-7-6-8-17-31)47-44(52)33(15-4-2)26-43(51)49-27-34-19-10-9-18-32(34)25-35(49)28-50/h3-4,6-14,16-23,33,35,40-42,50H,1-2,5,15,24-30H2,(H,47,52)(H,48,54)/t33-,35-,41-,42-/m0/s1. The van der Waals surface area contributed by atoms with Crippen molar-refractivity contribution in [3.8, 4) is 11.1 Å². The zero-order valence-corrected chi connectivity index (χ0v) is 31.5. The highest BCUT2D eigenvalue weighted by molar-refractivity contribution is 5.87. The first-order valence-electron chi connectivity index (χ1n) is 19.1. The van der Waals surface area contributed by atoms with Crippen LogP contribution in [0.15, 0.2) is 128 Å². The normalized spacial score (nSPS) is 15.9. The van der Waals surface area contributed by atoms with Gasteiger partial charge in [0.05, 0.1) is 24.6 Å². The van der Waals surface area contributed by atoms with Crippen molar-refractivity contribution in [2.75, 3.05) is 19.8 Å². The van der Waals surface area contributed by atoms with Gasteiger partial charge in [0.15, 0.2) is 0 Å². The van der Waals surface area contributed by atoms with Crippen LogP contribution in [0.25, 0.3) is 11.1 Å². The summed E-state index contributed by atoms with van der Waals surface area (Å²) in [5.74, 6) is -2.23. The first-order valence-corrected chi connectivity index (χ1v) is 19.1. The molecule has 56 heavy (non-hydrogen) atoms. The second-order valence-corrected chi connectivity index (χ2v) is 14.2. The number of fused-ring (bicyclic) bond motifs is 4. The molecule has 10 heteroatoms. The maximum Gasteiger partial charge on any atom is 0.407 e. The minimum atomic E-state index is -1.03. The number of benzene rings is 4. The average Bonchev–Trinajstić information content (AvgIpc) is 3.55. The zero-order valence-electron chi connectivity index (χ0n) is 31.5. The summed E-state index contributed by atoms with van der Waals surface area (Å²) >= 11 is 0. The van der Waals surface area contributed by atoms with Crippen molar-refractivity contribution in [3.63, 3.8) is 0 Å². The molecule has 0 spiro atoms. The Bertz CT molecular complexity index is 1990. The Labute approximate surface area is 328 Å². The molecule has 6 rings (SSSR count). The lowest BCUT2D eigenvalue weighted by Gasteiger charge is -2.36. The molecule has 0 saturated heterocycles. The van der Waals surface area contributed by atoms with Gasteiger partial charge >= 0.3 is 12.1 Å². The van der Waals surface area contributed by atoms with Crippen LogP contribution >= 0.6 is 0 Å². The molecule has 4 atom stereocenters. The third-order valence-electron chi connectivity index (χ3n) is 10.6. The van der Waals surface area contributed by atoms with Crippen LogP contribution in [0.5, 0.6) is 0 Å². The Balaban J connectivity index is 1.09.